The van der Waals surface area contributed by atoms with E-state index < -0.39 is 6.04 Å². The quantitative estimate of drug-likeness (QED) is 0.632. The van der Waals surface area contributed by atoms with Crippen LogP contribution in [-0.4, -0.2) is 28.4 Å². The van der Waals surface area contributed by atoms with E-state index in [2.05, 4.69) is 15.5 Å². The molecule has 1 N–H and O–H groups in total. The van der Waals surface area contributed by atoms with E-state index in [9.17, 15) is 9.59 Å². The number of hydrogen-bond acceptors (Lipinski definition) is 5. The van der Waals surface area contributed by atoms with Gasteiger partial charge in [0.05, 0.1) is 6.04 Å². The molecule has 0 radical (unpaired) electrons. The smallest absolute Gasteiger partial charge is 0.286 e. The van der Waals surface area contributed by atoms with Crippen LogP contribution in [0, 0.1) is 5.92 Å². The van der Waals surface area contributed by atoms with Gasteiger partial charge in [-0.25, -0.2) is 0 Å². The van der Waals surface area contributed by atoms with Crippen LogP contribution >= 0.6 is 0 Å². The van der Waals surface area contributed by atoms with Crippen LogP contribution in [0.4, 0.5) is 0 Å². The van der Waals surface area contributed by atoms with Gasteiger partial charge in [0.1, 0.15) is 0 Å². The van der Waals surface area contributed by atoms with Crippen molar-refractivity contribution >= 4 is 12.2 Å². The lowest BCUT2D eigenvalue weighted by molar-refractivity contribution is -0.110. The van der Waals surface area contributed by atoms with Crippen LogP contribution < -0.4 is 5.32 Å². The van der Waals surface area contributed by atoms with Crippen LogP contribution in [-0.2, 0) is 10.2 Å². The highest BCUT2D eigenvalue weighted by Crippen LogP contribution is 2.21. The summed E-state index contributed by atoms with van der Waals surface area (Å²) in [5.41, 5.74) is -0.309. The highest BCUT2D eigenvalue weighted by Gasteiger charge is 2.29. The van der Waals surface area contributed by atoms with Gasteiger partial charge in [-0.05, 0) is 5.92 Å². The molecule has 1 atom stereocenters. The third-order valence-corrected chi connectivity index (χ3v) is 2.47. The Bertz CT molecular complexity index is 432. The Morgan fingerprint density at radius 2 is 1.94 bits per heavy atom. The van der Waals surface area contributed by atoms with Crippen molar-refractivity contribution in [3.05, 3.63) is 11.8 Å². The number of ketones is 1. The molecule has 1 amide bonds. The van der Waals surface area contributed by atoms with Gasteiger partial charge < -0.3 is 9.73 Å². The first-order valence-corrected chi connectivity index (χ1v) is 5.85. The van der Waals surface area contributed by atoms with Crippen LogP contribution in [0.15, 0.2) is 4.42 Å². The number of aromatic nitrogens is 2. The lowest BCUT2D eigenvalue weighted by atomic mass is 9.97. The average Bonchev–Trinajstić information content (AvgIpc) is 2.73. The molecule has 0 aliphatic rings. The van der Waals surface area contributed by atoms with E-state index in [1.807, 2.05) is 34.6 Å². The molecule has 1 aromatic heterocycles. The predicted octanol–water partition coefficient (Wildman–Crippen LogP) is 1.32. The molecule has 1 aromatic rings. The number of amides is 1. The van der Waals surface area contributed by atoms with E-state index in [-0.39, 0.29) is 23.0 Å². The molecular weight excluding hydrogens is 234 g/mol. The third kappa shape index (κ3) is 3.15. The van der Waals surface area contributed by atoms with E-state index in [1.165, 1.54) is 0 Å². The van der Waals surface area contributed by atoms with Gasteiger partial charge in [0.2, 0.25) is 18.1 Å². The van der Waals surface area contributed by atoms with Gasteiger partial charge in [0.25, 0.3) is 5.89 Å². The molecule has 0 unspecified atom stereocenters. The fourth-order valence-electron chi connectivity index (χ4n) is 1.40. The second-order valence-corrected chi connectivity index (χ2v) is 5.53. The molecule has 6 heteroatoms. The standard InChI is InChI=1S/C12H19N3O3/c1-7(2)8(13-6-16)9(17)10-14-15-11(18-10)12(3,4)5/h6-8H,1-5H3,(H,13,16)/t8-/m0/s1. The molecule has 0 saturated heterocycles. The second-order valence-electron chi connectivity index (χ2n) is 5.53. The molecule has 0 bridgehead atoms. The Hall–Kier alpha value is -1.72. The van der Waals surface area contributed by atoms with Gasteiger partial charge >= 0.3 is 0 Å². The number of nitrogens with one attached hydrogen (secondary N) is 1. The van der Waals surface area contributed by atoms with Crippen molar-refractivity contribution in [2.75, 3.05) is 0 Å². The Balaban J connectivity index is 2.96. The molecule has 0 aliphatic heterocycles. The lowest BCUT2D eigenvalue weighted by Crippen LogP contribution is -2.40. The molecule has 0 saturated carbocycles. The highest BCUT2D eigenvalue weighted by atomic mass is 16.4. The van der Waals surface area contributed by atoms with Crippen molar-refractivity contribution in [1.82, 2.24) is 15.5 Å². The summed E-state index contributed by atoms with van der Waals surface area (Å²) >= 11 is 0. The molecule has 100 valence electrons. The number of carbonyl (C=O) groups excluding carboxylic acids is 2. The van der Waals surface area contributed by atoms with Crippen molar-refractivity contribution in [3.8, 4) is 0 Å². The zero-order valence-electron chi connectivity index (χ0n) is 11.4. The monoisotopic (exact) mass is 253 g/mol. The molecule has 0 fully saturated rings. The fraction of sp³-hybridized carbons (Fsp3) is 0.667. The Morgan fingerprint density at radius 3 is 2.33 bits per heavy atom. The van der Waals surface area contributed by atoms with E-state index in [4.69, 9.17) is 4.42 Å². The molecule has 6 nitrogen and oxygen atoms in total. The molecular formula is C12H19N3O3. The maximum Gasteiger partial charge on any atom is 0.286 e. The van der Waals surface area contributed by atoms with Crippen LogP contribution in [0.25, 0.3) is 0 Å². The van der Waals surface area contributed by atoms with Crippen LogP contribution in [0.1, 0.15) is 51.2 Å². The molecule has 18 heavy (non-hydrogen) atoms. The van der Waals surface area contributed by atoms with Crippen LogP contribution in [0.3, 0.4) is 0 Å². The van der Waals surface area contributed by atoms with Crippen molar-refractivity contribution < 1.29 is 14.0 Å². The summed E-state index contributed by atoms with van der Waals surface area (Å²) < 4.78 is 5.36. The number of hydrogen-bond donors (Lipinski definition) is 1. The Labute approximate surface area is 106 Å². The van der Waals surface area contributed by atoms with Crippen LogP contribution in [0.2, 0.25) is 0 Å². The first kappa shape index (κ1) is 14.3. The summed E-state index contributed by atoms with van der Waals surface area (Å²) in [4.78, 5) is 22.6. The van der Waals surface area contributed by atoms with Gasteiger partial charge in [-0.1, -0.05) is 34.6 Å². The van der Waals surface area contributed by atoms with Crippen molar-refractivity contribution in [1.29, 1.82) is 0 Å². The zero-order chi connectivity index (χ0) is 13.9. The predicted molar refractivity (Wildman–Crippen MR) is 65.2 cm³/mol. The summed E-state index contributed by atoms with van der Waals surface area (Å²) in [6, 6.07) is -0.643. The van der Waals surface area contributed by atoms with Crippen molar-refractivity contribution in [3.63, 3.8) is 0 Å². The summed E-state index contributed by atoms with van der Waals surface area (Å²) in [5.74, 6) is -0.0692. The summed E-state index contributed by atoms with van der Waals surface area (Å²) in [5, 5.41) is 10.1. The molecule has 0 aliphatic carbocycles. The van der Waals surface area contributed by atoms with Crippen molar-refractivity contribution in [2.45, 2.75) is 46.1 Å². The summed E-state index contributed by atoms with van der Waals surface area (Å²) in [6.45, 7) is 9.41. The fourth-order valence-corrected chi connectivity index (χ4v) is 1.40. The number of rotatable bonds is 5. The maximum atomic E-state index is 12.1. The second kappa shape index (κ2) is 5.29. The van der Waals surface area contributed by atoms with Gasteiger partial charge in [-0.3, -0.25) is 9.59 Å². The minimum Gasteiger partial charge on any atom is -0.418 e. The topological polar surface area (TPSA) is 85.1 Å². The first-order valence-electron chi connectivity index (χ1n) is 5.85. The lowest BCUT2D eigenvalue weighted by Gasteiger charge is -2.16. The normalized spacial score (nSPS) is 13.4. The molecule has 1 heterocycles. The van der Waals surface area contributed by atoms with Gasteiger partial charge in [-0.15, -0.1) is 10.2 Å². The first-order chi connectivity index (χ1) is 8.27. The number of Topliss-reactive ketones (excluding diaryl/α,β-unsaturated/α-hetero) is 1. The molecule has 0 aromatic carbocycles. The van der Waals surface area contributed by atoms with E-state index in [0.29, 0.717) is 12.3 Å². The minimum absolute atomic E-state index is 0.0484. The van der Waals surface area contributed by atoms with E-state index in [1.54, 1.807) is 0 Å². The number of carbonyl (C=O) groups is 2. The zero-order valence-corrected chi connectivity index (χ0v) is 11.4. The minimum atomic E-state index is -0.643. The molecule has 0 spiro atoms. The largest absolute Gasteiger partial charge is 0.418 e. The van der Waals surface area contributed by atoms with E-state index in [0.717, 1.165) is 0 Å². The van der Waals surface area contributed by atoms with Crippen molar-refractivity contribution in [2.24, 2.45) is 5.92 Å². The van der Waals surface area contributed by atoms with Gasteiger partial charge in [0.15, 0.2) is 0 Å². The SMILES string of the molecule is CC(C)[C@H](NC=O)C(=O)c1nnc(C(C)(C)C)o1. The Kier molecular flexibility index (Phi) is 4.21. The summed E-state index contributed by atoms with van der Waals surface area (Å²) in [7, 11) is 0. The summed E-state index contributed by atoms with van der Waals surface area (Å²) in [6.07, 6.45) is 0.504. The molecule has 1 rings (SSSR count). The average molecular weight is 253 g/mol. The van der Waals surface area contributed by atoms with Crippen LogP contribution in [0.5, 0.6) is 0 Å². The highest BCUT2D eigenvalue weighted by molar-refractivity contribution is 5.97. The van der Waals surface area contributed by atoms with E-state index >= 15 is 0 Å². The van der Waals surface area contributed by atoms with Gasteiger partial charge in [0, 0.05) is 5.41 Å². The van der Waals surface area contributed by atoms with Gasteiger partial charge in [-0.2, -0.15) is 0 Å². The third-order valence-electron chi connectivity index (χ3n) is 2.47. The Morgan fingerprint density at radius 1 is 1.33 bits per heavy atom. The number of nitrogens with zero attached hydrogens (tertiary/aromatic N) is 2. The maximum absolute atomic E-state index is 12.1.